The van der Waals surface area contributed by atoms with Crippen LogP contribution >= 0.6 is 23.4 Å². The molecule has 0 radical (unpaired) electrons. The van der Waals surface area contributed by atoms with E-state index < -0.39 is 0 Å². The molecule has 1 aromatic heterocycles. The lowest BCUT2D eigenvalue weighted by molar-refractivity contribution is 0.507. The van der Waals surface area contributed by atoms with Crippen LogP contribution in [0.4, 0.5) is 0 Å². The summed E-state index contributed by atoms with van der Waals surface area (Å²) >= 11 is 8.05. The first-order valence-electron chi connectivity index (χ1n) is 6.86. The molecule has 0 bridgehead atoms. The Morgan fingerprint density at radius 1 is 1.50 bits per heavy atom. The van der Waals surface area contributed by atoms with Gasteiger partial charge < -0.3 is 9.88 Å². The van der Waals surface area contributed by atoms with Crippen molar-refractivity contribution in [1.29, 1.82) is 0 Å². The largest absolute Gasteiger partial charge is 0.338 e. The van der Waals surface area contributed by atoms with E-state index >= 15 is 0 Å². The van der Waals surface area contributed by atoms with Crippen LogP contribution in [0, 0.1) is 0 Å². The molecule has 2 heterocycles. The normalized spacial score (nSPS) is 18.0. The number of nitrogens with one attached hydrogen (secondary N) is 1. The van der Waals surface area contributed by atoms with Crippen LogP contribution in [0.1, 0.15) is 23.9 Å². The molecule has 0 spiro atoms. The second kappa shape index (κ2) is 6.20. The summed E-state index contributed by atoms with van der Waals surface area (Å²) in [4.78, 5) is 5.71. The Balaban J connectivity index is 1.64. The number of thioether (sulfide) groups is 1. The van der Waals surface area contributed by atoms with Gasteiger partial charge in [-0.3, -0.25) is 0 Å². The summed E-state index contributed by atoms with van der Waals surface area (Å²) in [6.45, 7) is 0.937. The average molecular weight is 308 g/mol. The number of nitrogens with zero attached hydrogens (tertiary/aromatic N) is 2. The molecular weight excluding hydrogens is 290 g/mol. The molecule has 106 valence electrons. The molecule has 1 N–H and O–H groups in total. The van der Waals surface area contributed by atoms with E-state index in [1.54, 1.807) is 0 Å². The van der Waals surface area contributed by atoms with Gasteiger partial charge in [0.15, 0.2) is 0 Å². The van der Waals surface area contributed by atoms with Gasteiger partial charge in [0.2, 0.25) is 0 Å². The molecule has 0 aliphatic carbocycles. The molecule has 20 heavy (non-hydrogen) atoms. The van der Waals surface area contributed by atoms with E-state index in [2.05, 4.69) is 27.0 Å². The number of hydrogen-bond acceptors (Lipinski definition) is 3. The van der Waals surface area contributed by atoms with Gasteiger partial charge in [0.05, 0.1) is 0 Å². The summed E-state index contributed by atoms with van der Waals surface area (Å²) < 4.78 is 2.07. The third kappa shape index (κ3) is 3.03. The summed E-state index contributed by atoms with van der Waals surface area (Å²) in [5, 5.41) is 4.47. The van der Waals surface area contributed by atoms with Crippen molar-refractivity contribution in [2.75, 3.05) is 12.3 Å². The van der Waals surface area contributed by atoms with Gasteiger partial charge in [0, 0.05) is 48.4 Å². The first-order valence-corrected chi connectivity index (χ1v) is 8.22. The standard InChI is InChI=1S/C15H18ClN3S/c1-19-8-7-18-15(19)4-6-17-13-5-9-20-14-3-2-11(16)10-12(13)14/h2-3,7-8,10,13,17H,4-6,9H2,1H3. The van der Waals surface area contributed by atoms with Gasteiger partial charge >= 0.3 is 0 Å². The SMILES string of the molecule is Cn1ccnc1CCNC1CCSc2ccc(Cl)cc21. The maximum atomic E-state index is 6.13. The van der Waals surface area contributed by atoms with Gasteiger partial charge in [-0.05, 0) is 35.9 Å². The number of rotatable bonds is 4. The van der Waals surface area contributed by atoms with E-state index in [1.807, 2.05) is 37.3 Å². The summed E-state index contributed by atoms with van der Waals surface area (Å²) in [7, 11) is 2.04. The summed E-state index contributed by atoms with van der Waals surface area (Å²) in [6, 6.07) is 6.62. The highest BCUT2D eigenvalue weighted by atomic mass is 35.5. The number of aryl methyl sites for hydroxylation is 1. The lowest BCUT2D eigenvalue weighted by Crippen LogP contribution is -2.27. The number of halogens is 1. The van der Waals surface area contributed by atoms with Gasteiger partial charge in [-0.15, -0.1) is 11.8 Å². The minimum atomic E-state index is 0.408. The molecular formula is C15H18ClN3S. The molecule has 1 aromatic carbocycles. The van der Waals surface area contributed by atoms with E-state index in [-0.39, 0.29) is 0 Å². The number of imidazole rings is 1. The number of fused-ring (bicyclic) bond motifs is 1. The van der Waals surface area contributed by atoms with Crippen molar-refractivity contribution in [3.8, 4) is 0 Å². The third-order valence-electron chi connectivity index (χ3n) is 3.67. The Labute approximate surface area is 128 Å². The number of hydrogen-bond donors (Lipinski definition) is 1. The average Bonchev–Trinajstić information content (AvgIpc) is 2.85. The maximum absolute atomic E-state index is 6.13. The molecule has 1 atom stereocenters. The Bertz CT molecular complexity index is 597. The van der Waals surface area contributed by atoms with E-state index in [9.17, 15) is 0 Å². The molecule has 0 amide bonds. The third-order valence-corrected chi connectivity index (χ3v) is 5.03. The van der Waals surface area contributed by atoms with E-state index in [0.717, 1.165) is 36.0 Å². The van der Waals surface area contributed by atoms with Crippen molar-refractivity contribution in [3.63, 3.8) is 0 Å². The molecule has 1 unspecified atom stereocenters. The first-order chi connectivity index (χ1) is 9.74. The van der Waals surface area contributed by atoms with Crippen molar-refractivity contribution in [2.24, 2.45) is 7.05 Å². The second-order valence-electron chi connectivity index (χ2n) is 5.03. The molecule has 0 saturated heterocycles. The summed E-state index contributed by atoms with van der Waals surface area (Å²) in [5.74, 6) is 2.28. The Morgan fingerprint density at radius 2 is 2.40 bits per heavy atom. The molecule has 3 rings (SSSR count). The first kappa shape index (κ1) is 14.0. The fraction of sp³-hybridized carbons (Fsp3) is 0.400. The molecule has 2 aromatic rings. The predicted octanol–water partition coefficient (Wildman–Crippen LogP) is 3.44. The quantitative estimate of drug-likeness (QED) is 0.938. The van der Waals surface area contributed by atoms with Crippen LogP contribution in [0.2, 0.25) is 5.02 Å². The molecule has 0 saturated carbocycles. The fourth-order valence-corrected chi connectivity index (χ4v) is 3.86. The van der Waals surface area contributed by atoms with Crippen LogP contribution in [0.25, 0.3) is 0 Å². The van der Waals surface area contributed by atoms with Crippen molar-refractivity contribution in [1.82, 2.24) is 14.9 Å². The zero-order chi connectivity index (χ0) is 13.9. The summed E-state index contributed by atoms with van der Waals surface area (Å²) in [6.07, 6.45) is 5.94. The van der Waals surface area contributed by atoms with Crippen LogP contribution in [-0.2, 0) is 13.5 Å². The topological polar surface area (TPSA) is 29.9 Å². The fourth-order valence-electron chi connectivity index (χ4n) is 2.57. The number of benzene rings is 1. The van der Waals surface area contributed by atoms with Gasteiger partial charge in [0.25, 0.3) is 0 Å². The van der Waals surface area contributed by atoms with Gasteiger partial charge in [-0.2, -0.15) is 0 Å². The minimum absolute atomic E-state index is 0.408. The van der Waals surface area contributed by atoms with Crippen molar-refractivity contribution in [2.45, 2.75) is 23.8 Å². The Hall–Kier alpha value is -0.970. The Kier molecular flexibility index (Phi) is 4.34. The van der Waals surface area contributed by atoms with Crippen molar-refractivity contribution >= 4 is 23.4 Å². The lowest BCUT2D eigenvalue weighted by Gasteiger charge is -2.26. The predicted molar refractivity (Wildman–Crippen MR) is 84.4 cm³/mol. The molecule has 3 nitrogen and oxygen atoms in total. The highest BCUT2D eigenvalue weighted by molar-refractivity contribution is 7.99. The highest BCUT2D eigenvalue weighted by Crippen LogP contribution is 2.37. The van der Waals surface area contributed by atoms with E-state index in [1.165, 1.54) is 10.5 Å². The van der Waals surface area contributed by atoms with Crippen molar-refractivity contribution in [3.05, 3.63) is 47.0 Å². The smallest absolute Gasteiger partial charge is 0.109 e. The van der Waals surface area contributed by atoms with Crippen molar-refractivity contribution < 1.29 is 0 Å². The zero-order valence-corrected chi connectivity index (χ0v) is 13.0. The molecule has 0 fully saturated rings. The Morgan fingerprint density at radius 3 is 3.20 bits per heavy atom. The monoisotopic (exact) mass is 307 g/mol. The number of aromatic nitrogens is 2. The summed E-state index contributed by atoms with van der Waals surface area (Å²) in [5.41, 5.74) is 1.34. The second-order valence-corrected chi connectivity index (χ2v) is 6.60. The maximum Gasteiger partial charge on any atom is 0.109 e. The van der Waals surface area contributed by atoms with E-state index in [4.69, 9.17) is 11.6 Å². The highest BCUT2D eigenvalue weighted by Gasteiger charge is 2.20. The van der Waals surface area contributed by atoms with Gasteiger partial charge in [0.1, 0.15) is 5.82 Å². The van der Waals surface area contributed by atoms with Crippen LogP contribution < -0.4 is 5.32 Å². The van der Waals surface area contributed by atoms with Gasteiger partial charge in [-0.1, -0.05) is 11.6 Å². The van der Waals surface area contributed by atoms with E-state index in [0.29, 0.717) is 6.04 Å². The zero-order valence-electron chi connectivity index (χ0n) is 11.5. The van der Waals surface area contributed by atoms with Gasteiger partial charge in [-0.25, -0.2) is 4.98 Å². The molecule has 5 heteroatoms. The van der Waals surface area contributed by atoms with Crippen LogP contribution in [0.5, 0.6) is 0 Å². The lowest BCUT2D eigenvalue weighted by atomic mass is 10.0. The molecule has 1 aliphatic rings. The minimum Gasteiger partial charge on any atom is -0.338 e. The van der Waals surface area contributed by atoms with Crippen LogP contribution in [-0.4, -0.2) is 21.8 Å². The van der Waals surface area contributed by atoms with Crippen LogP contribution in [0.15, 0.2) is 35.5 Å². The molecule has 1 aliphatic heterocycles. The van der Waals surface area contributed by atoms with Crippen LogP contribution in [0.3, 0.4) is 0 Å².